The van der Waals surface area contributed by atoms with Gasteiger partial charge in [-0.1, -0.05) is 6.07 Å². The fourth-order valence-electron chi connectivity index (χ4n) is 2.40. The summed E-state index contributed by atoms with van der Waals surface area (Å²) in [6, 6.07) is 7.55. The summed E-state index contributed by atoms with van der Waals surface area (Å²) in [5, 5.41) is 6.06. The first kappa shape index (κ1) is 14.5. The Kier molecular flexibility index (Phi) is 4.39. The van der Waals surface area contributed by atoms with Crippen LogP contribution in [0.25, 0.3) is 0 Å². The number of rotatable bonds is 2. The van der Waals surface area contributed by atoms with E-state index in [9.17, 15) is 9.59 Å². The Hall–Kier alpha value is -1.88. The molecule has 2 rings (SSSR count). The molecule has 1 aromatic rings. The van der Waals surface area contributed by atoms with Crippen LogP contribution in [0.15, 0.2) is 24.3 Å². The Morgan fingerprint density at radius 2 is 2.10 bits per heavy atom. The number of nitrogens with zero attached hydrogens (tertiary/aromatic N) is 1. The fraction of sp³-hybridized carbons (Fsp3) is 0.467. The lowest BCUT2D eigenvalue weighted by molar-refractivity contribution is -0.114. The molecule has 1 aromatic carbocycles. The summed E-state index contributed by atoms with van der Waals surface area (Å²) in [5.74, 6) is -0.128. The summed E-state index contributed by atoms with van der Waals surface area (Å²) in [4.78, 5) is 25.5. The molecule has 0 saturated carbocycles. The molecule has 5 nitrogen and oxygen atoms in total. The summed E-state index contributed by atoms with van der Waals surface area (Å²) in [6.45, 7) is 7.06. The maximum Gasteiger partial charge on any atom is 0.254 e. The number of nitrogens with one attached hydrogen (secondary N) is 2. The minimum absolute atomic E-state index is 0.0121. The molecule has 5 heteroatoms. The molecule has 1 aliphatic rings. The number of amides is 2. The van der Waals surface area contributed by atoms with Crippen molar-refractivity contribution in [3.05, 3.63) is 29.8 Å². The third-order valence-corrected chi connectivity index (χ3v) is 3.46. The maximum absolute atomic E-state index is 12.6. The van der Waals surface area contributed by atoms with E-state index >= 15 is 0 Å². The molecule has 2 N–H and O–H groups in total. The second kappa shape index (κ2) is 6.05. The molecular formula is C15H21N3O2. The minimum atomic E-state index is -0.140. The summed E-state index contributed by atoms with van der Waals surface area (Å²) in [5.41, 5.74) is 1.26. The number of hydrogen-bond acceptors (Lipinski definition) is 3. The SMILES string of the molecule is CC(=O)Nc1cccc(C(=O)N2CC(C)NCC2C)c1. The Bertz CT molecular complexity index is 516. The normalized spacial score (nSPS) is 22.4. The van der Waals surface area contributed by atoms with E-state index in [1.165, 1.54) is 6.92 Å². The van der Waals surface area contributed by atoms with Gasteiger partial charge in [-0.3, -0.25) is 9.59 Å². The van der Waals surface area contributed by atoms with Gasteiger partial charge in [-0.25, -0.2) is 0 Å². The zero-order valence-corrected chi connectivity index (χ0v) is 12.1. The lowest BCUT2D eigenvalue weighted by atomic mass is 10.1. The van der Waals surface area contributed by atoms with Crippen LogP contribution in [0, 0.1) is 0 Å². The van der Waals surface area contributed by atoms with E-state index in [0.717, 1.165) is 6.54 Å². The molecule has 1 aliphatic heterocycles. The third-order valence-electron chi connectivity index (χ3n) is 3.46. The van der Waals surface area contributed by atoms with Crippen LogP contribution in [0.3, 0.4) is 0 Å². The Balaban J connectivity index is 2.17. The highest BCUT2D eigenvalue weighted by molar-refractivity contribution is 5.97. The molecular weight excluding hydrogens is 254 g/mol. The molecule has 0 aliphatic carbocycles. The zero-order chi connectivity index (χ0) is 14.7. The fourth-order valence-corrected chi connectivity index (χ4v) is 2.40. The van der Waals surface area contributed by atoms with E-state index in [2.05, 4.69) is 17.6 Å². The highest BCUT2D eigenvalue weighted by atomic mass is 16.2. The molecule has 0 aromatic heterocycles. The Labute approximate surface area is 119 Å². The first-order chi connectivity index (χ1) is 9.47. The zero-order valence-electron chi connectivity index (χ0n) is 12.1. The van der Waals surface area contributed by atoms with Gasteiger partial charge >= 0.3 is 0 Å². The number of piperazine rings is 1. The quantitative estimate of drug-likeness (QED) is 0.859. The van der Waals surface area contributed by atoms with Gasteiger partial charge in [0.2, 0.25) is 5.91 Å². The van der Waals surface area contributed by atoms with Crippen molar-refractivity contribution in [2.75, 3.05) is 18.4 Å². The second-order valence-corrected chi connectivity index (χ2v) is 5.38. The van der Waals surface area contributed by atoms with Gasteiger partial charge in [0, 0.05) is 43.3 Å². The first-order valence-electron chi connectivity index (χ1n) is 6.89. The van der Waals surface area contributed by atoms with Crippen LogP contribution in [0.1, 0.15) is 31.1 Å². The van der Waals surface area contributed by atoms with Gasteiger partial charge in [-0.2, -0.15) is 0 Å². The van der Waals surface area contributed by atoms with Crippen molar-refractivity contribution >= 4 is 17.5 Å². The second-order valence-electron chi connectivity index (χ2n) is 5.38. The molecule has 20 heavy (non-hydrogen) atoms. The Morgan fingerprint density at radius 1 is 1.35 bits per heavy atom. The van der Waals surface area contributed by atoms with Crippen LogP contribution in [0.5, 0.6) is 0 Å². The molecule has 0 bridgehead atoms. The van der Waals surface area contributed by atoms with Gasteiger partial charge in [-0.05, 0) is 32.0 Å². The molecule has 1 heterocycles. The summed E-state index contributed by atoms with van der Waals surface area (Å²) in [7, 11) is 0. The van der Waals surface area contributed by atoms with Crippen LogP contribution in [-0.4, -0.2) is 41.9 Å². The van der Waals surface area contributed by atoms with Crippen molar-refractivity contribution in [3.8, 4) is 0 Å². The van der Waals surface area contributed by atoms with Crippen molar-refractivity contribution in [2.24, 2.45) is 0 Å². The van der Waals surface area contributed by atoms with E-state index in [1.54, 1.807) is 24.3 Å². The average molecular weight is 275 g/mol. The number of carbonyl (C=O) groups excluding carboxylic acids is 2. The smallest absolute Gasteiger partial charge is 0.254 e. The van der Waals surface area contributed by atoms with Crippen molar-refractivity contribution < 1.29 is 9.59 Å². The minimum Gasteiger partial charge on any atom is -0.333 e. The van der Waals surface area contributed by atoms with Crippen molar-refractivity contribution in [3.63, 3.8) is 0 Å². The molecule has 1 saturated heterocycles. The van der Waals surface area contributed by atoms with Gasteiger partial charge in [0.05, 0.1) is 0 Å². The lowest BCUT2D eigenvalue weighted by Gasteiger charge is -2.37. The highest BCUT2D eigenvalue weighted by Gasteiger charge is 2.27. The predicted octanol–water partition coefficient (Wildman–Crippen LogP) is 1.47. The number of hydrogen-bond donors (Lipinski definition) is 2. The average Bonchev–Trinajstić information content (AvgIpc) is 2.40. The molecule has 2 atom stereocenters. The molecule has 0 spiro atoms. The molecule has 1 fully saturated rings. The van der Waals surface area contributed by atoms with E-state index in [1.807, 2.05) is 11.8 Å². The summed E-state index contributed by atoms with van der Waals surface area (Å²) < 4.78 is 0. The van der Waals surface area contributed by atoms with Crippen LogP contribution >= 0.6 is 0 Å². The summed E-state index contributed by atoms with van der Waals surface area (Å²) >= 11 is 0. The molecule has 2 unspecified atom stereocenters. The highest BCUT2D eigenvalue weighted by Crippen LogP contribution is 2.16. The van der Waals surface area contributed by atoms with Gasteiger partial charge in [0.15, 0.2) is 0 Å². The molecule has 0 radical (unpaired) electrons. The number of carbonyl (C=O) groups is 2. The van der Waals surface area contributed by atoms with Gasteiger partial charge in [0.1, 0.15) is 0 Å². The van der Waals surface area contributed by atoms with Crippen molar-refractivity contribution in [1.82, 2.24) is 10.2 Å². The first-order valence-corrected chi connectivity index (χ1v) is 6.89. The van der Waals surface area contributed by atoms with Gasteiger partial charge in [0.25, 0.3) is 5.91 Å². The van der Waals surface area contributed by atoms with Crippen LogP contribution in [0.4, 0.5) is 5.69 Å². The monoisotopic (exact) mass is 275 g/mol. The van der Waals surface area contributed by atoms with E-state index in [4.69, 9.17) is 0 Å². The van der Waals surface area contributed by atoms with E-state index in [0.29, 0.717) is 23.8 Å². The summed E-state index contributed by atoms with van der Waals surface area (Å²) in [6.07, 6.45) is 0. The number of benzene rings is 1. The van der Waals surface area contributed by atoms with E-state index in [-0.39, 0.29) is 17.9 Å². The molecule has 2 amide bonds. The van der Waals surface area contributed by atoms with Gasteiger partial charge < -0.3 is 15.5 Å². The maximum atomic E-state index is 12.6. The van der Waals surface area contributed by atoms with E-state index < -0.39 is 0 Å². The largest absolute Gasteiger partial charge is 0.333 e. The third kappa shape index (κ3) is 3.36. The molecule has 108 valence electrons. The van der Waals surface area contributed by atoms with Crippen LogP contribution in [0.2, 0.25) is 0 Å². The van der Waals surface area contributed by atoms with Crippen LogP contribution < -0.4 is 10.6 Å². The topological polar surface area (TPSA) is 61.4 Å². The standard InChI is InChI=1S/C15H21N3O2/c1-10-9-18(11(2)8-16-10)15(20)13-5-4-6-14(7-13)17-12(3)19/h4-7,10-11,16H,8-9H2,1-3H3,(H,17,19). The van der Waals surface area contributed by atoms with Crippen molar-refractivity contribution in [1.29, 1.82) is 0 Å². The number of anilines is 1. The Morgan fingerprint density at radius 3 is 2.80 bits per heavy atom. The lowest BCUT2D eigenvalue weighted by Crippen LogP contribution is -2.56. The van der Waals surface area contributed by atoms with Crippen LogP contribution in [-0.2, 0) is 4.79 Å². The predicted molar refractivity (Wildman–Crippen MR) is 78.7 cm³/mol. The van der Waals surface area contributed by atoms with Gasteiger partial charge in [-0.15, -0.1) is 0 Å². The van der Waals surface area contributed by atoms with Crippen molar-refractivity contribution in [2.45, 2.75) is 32.9 Å².